The number of amides is 3. The molecule has 1 atom stereocenters. The van der Waals surface area contributed by atoms with Crippen molar-refractivity contribution in [2.75, 3.05) is 49.1 Å². The summed E-state index contributed by atoms with van der Waals surface area (Å²) >= 11 is 0. The number of alkyl halides is 2. The molecule has 12 nitrogen and oxygen atoms in total. The summed E-state index contributed by atoms with van der Waals surface area (Å²) < 4.78 is 61.0. The average molecular weight is 515 g/mol. The quantitative estimate of drug-likeness (QED) is 0.531. The van der Waals surface area contributed by atoms with E-state index in [2.05, 4.69) is 10.3 Å². The lowest BCUT2D eigenvalue weighted by Gasteiger charge is -2.24. The van der Waals surface area contributed by atoms with Crippen LogP contribution >= 0.6 is 0 Å². The Morgan fingerprint density at radius 3 is 2.58 bits per heavy atom. The lowest BCUT2D eigenvalue weighted by Crippen LogP contribution is -2.37. The number of ether oxygens (including phenoxy) is 1. The molecule has 0 bridgehead atoms. The molecule has 0 aliphatic carbocycles. The Balaban J connectivity index is 1.40. The topological polar surface area (TPSA) is 122 Å². The SMILES string of the molecule is O=C(NCC1CN(c2cc(F)c(N3CCON(C(=O)Cn4ccnn4)CC3)c(F)c2)C(=O)O1)C(F)F. The first-order valence-electron chi connectivity index (χ1n) is 10.8. The molecule has 16 heteroatoms. The van der Waals surface area contributed by atoms with Crippen LogP contribution in [0.4, 0.5) is 33.7 Å². The van der Waals surface area contributed by atoms with Crippen LogP contribution in [0.2, 0.25) is 0 Å². The molecule has 2 aliphatic heterocycles. The third kappa shape index (κ3) is 5.64. The summed E-state index contributed by atoms with van der Waals surface area (Å²) in [7, 11) is 0. The first-order valence-corrected chi connectivity index (χ1v) is 10.8. The maximum atomic E-state index is 15.0. The molecule has 194 valence electrons. The van der Waals surface area contributed by atoms with Gasteiger partial charge in [-0.3, -0.25) is 19.3 Å². The van der Waals surface area contributed by atoms with E-state index in [0.717, 1.165) is 22.1 Å². The first-order chi connectivity index (χ1) is 17.2. The Hall–Kier alpha value is -3.95. The highest BCUT2D eigenvalue weighted by atomic mass is 19.3. The number of benzene rings is 1. The number of aromatic nitrogens is 3. The molecule has 1 aromatic heterocycles. The van der Waals surface area contributed by atoms with Gasteiger partial charge in [0, 0.05) is 31.4 Å². The van der Waals surface area contributed by atoms with Crippen molar-refractivity contribution in [3.63, 3.8) is 0 Å². The predicted molar refractivity (Wildman–Crippen MR) is 113 cm³/mol. The Morgan fingerprint density at radius 1 is 1.17 bits per heavy atom. The van der Waals surface area contributed by atoms with Gasteiger partial charge < -0.3 is 15.0 Å². The van der Waals surface area contributed by atoms with Gasteiger partial charge >= 0.3 is 12.5 Å². The number of carbonyl (C=O) groups is 3. The molecule has 4 rings (SSSR count). The van der Waals surface area contributed by atoms with Crippen molar-refractivity contribution in [2.45, 2.75) is 19.1 Å². The molecule has 1 unspecified atom stereocenters. The number of hydroxylamine groups is 2. The van der Waals surface area contributed by atoms with E-state index in [1.807, 2.05) is 5.32 Å². The molecule has 1 aromatic carbocycles. The highest BCUT2D eigenvalue weighted by Crippen LogP contribution is 2.31. The molecule has 2 aromatic rings. The fourth-order valence-corrected chi connectivity index (χ4v) is 3.74. The van der Waals surface area contributed by atoms with Gasteiger partial charge in [0.25, 0.3) is 11.8 Å². The third-order valence-electron chi connectivity index (χ3n) is 5.43. The van der Waals surface area contributed by atoms with Crippen LogP contribution in [0, 0.1) is 11.6 Å². The monoisotopic (exact) mass is 515 g/mol. The number of anilines is 2. The van der Waals surface area contributed by atoms with Crippen LogP contribution in [0.25, 0.3) is 0 Å². The molecular weight excluding hydrogens is 494 g/mol. The van der Waals surface area contributed by atoms with Crippen molar-refractivity contribution < 1.29 is 41.5 Å². The first kappa shape index (κ1) is 25.2. The second-order valence-electron chi connectivity index (χ2n) is 7.84. The van der Waals surface area contributed by atoms with Crippen LogP contribution < -0.4 is 15.1 Å². The molecule has 0 spiro atoms. The second-order valence-corrected chi connectivity index (χ2v) is 7.84. The molecular formula is C20H21F4N7O5. The minimum Gasteiger partial charge on any atom is -0.442 e. The molecule has 1 N–H and O–H groups in total. The van der Waals surface area contributed by atoms with Crippen LogP contribution in [0.3, 0.4) is 0 Å². The maximum Gasteiger partial charge on any atom is 0.414 e. The number of carbonyl (C=O) groups excluding carboxylic acids is 3. The van der Waals surface area contributed by atoms with E-state index in [1.165, 1.54) is 22.0 Å². The highest BCUT2D eigenvalue weighted by Gasteiger charge is 2.34. The summed E-state index contributed by atoms with van der Waals surface area (Å²) in [5.74, 6) is -3.86. The van der Waals surface area contributed by atoms with E-state index in [0.29, 0.717) is 0 Å². The van der Waals surface area contributed by atoms with Crippen molar-refractivity contribution >= 4 is 29.3 Å². The minimum absolute atomic E-state index is 0.0196. The second kappa shape index (κ2) is 10.8. The van der Waals surface area contributed by atoms with E-state index in [9.17, 15) is 23.2 Å². The fraction of sp³-hybridized carbons (Fsp3) is 0.450. The molecule has 3 heterocycles. The van der Waals surface area contributed by atoms with Gasteiger partial charge in [-0.1, -0.05) is 5.21 Å². The van der Waals surface area contributed by atoms with Crippen molar-refractivity contribution in [2.24, 2.45) is 0 Å². The highest BCUT2D eigenvalue weighted by molar-refractivity contribution is 5.90. The number of halogens is 4. The third-order valence-corrected chi connectivity index (χ3v) is 5.43. The summed E-state index contributed by atoms with van der Waals surface area (Å²) in [6.07, 6.45) is -2.22. The molecule has 0 radical (unpaired) electrons. The maximum absolute atomic E-state index is 15.0. The van der Waals surface area contributed by atoms with E-state index in [-0.39, 0.29) is 57.3 Å². The minimum atomic E-state index is -3.22. The van der Waals surface area contributed by atoms with Crippen molar-refractivity contribution in [3.05, 3.63) is 36.2 Å². The van der Waals surface area contributed by atoms with E-state index in [1.54, 1.807) is 0 Å². The van der Waals surface area contributed by atoms with Crippen molar-refractivity contribution in [1.29, 1.82) is 0 Å². The van der Waals surface area contributed by atoms with E-state index >= 15 is 8.78 Å². The lowest BCUT2D eigenvalue weighted by molar-refractivity contribution is -0.182. The number of cyclic esters (lactones) is 1. The molecule has 2 fully saturated rings. The largest absolute Gasteiger partial charge is 0.442 e. The van der Waals surface area contributed by atoms with Crippen LogP contribution in [-0.2, 0) is 25.7 Å². The van der Waals surface area contributed by atoms with Gasteiger partial charge in [0.2, 0.25) is 0 Å². The van der Waals surface area contributed by atoms with Gasteiger partial charge in [0.15, 0.2) is 11.6 Å². The lowest BCUT2D eigenvalue weighted by atomic mass is 10.2. The van der Waals surface area contributed by atoms with Crippen LogP contribution in [-0.4, -0.2) is 89.8 Å². The molecule has 36 heavy (non-hydrogen) atoms. The number of hydrogen-bond acceptors (Lipinski definition) is 8. The van der Waals surface area contributed by atoms with Crippen molar-refractivity contribution in [3.8, 4) is 0 Å². The summed E-state index contributed by atoms with van der Waals surface area (Å²) in [6, 6.07) is 1.89. The molecule has 3 amide bonds. The zero-order chi connectivity index (χ0) is 25.8. The van der Waals surface area contributed by atoms with Gasteiger partial charge in [0.05, 0.1) is 38.1 Å². The Labute approximate surface area is 201 Å². The van der Waals surface area contributed by atoms with Crippen LogP contribution in [0.5, 0.6) is 0 Å². The van der Waals surface area contributed by atoms with Crippen LogP contribution in [0.15, 0.2) is 24.5 Å². The zero-order valence-electron chi connectivity index (χ0n) is 18.7. The molecule has 2 saturated heterocycles. The van der Waals surface area contributed by atoms with Gasteiger partial charge in [-0.25, -0.2) is 23.3 Å². The summed E-state index contributed by atoms with van der Waals surface area (Å²) in [4.78, 5) is 43.3. The Morgan fingerprint density at radius 2 is 1.92 bits per heavy atom. The summed E-state index contributed by atoms with van der Waals surface area (Å²) in [5.41, 5.74) is -0.501. The Kier molecular flexibility index (Phi) is 7.52. The molecule has 2 aliphatic rings. The number of hydrogen-bond donors (Lipinski definition) is 1. The number of rotatable bonds is 7. The van der Waals surface area contributed by atoms with Gasteiger partial charge in [0.1, 0.15) is 18.3 Å². The van der Waals surface area contributed by atoms with Gasteiger partial charge in [-0.2, -0.15) is 8.78 Å². The van der Waals surface area contributed by atoms with E-state index < -0.39 is 42.1 Å². The summed E-state index contributed by atoms with van der Waals surface area (Å²) in [5, 5.41) is 10.3. The average Bonchev–Trinajstić information content (AvgIpc) is 3.40. The van der Waals surface area contributed by atoms with Gasteiger partial charge in [-0.05, 0) is 0 Å². The fourth-order valence-electron chi connectivity index (χ4n) is 3.74. The Bertz CT molecular complexity index is 1100. The summed E-state index contributed by atoms with van der Waals surface area (Å²) in [6.45, 7) is -0.551. The smallest absolute Gasteiger partial charge is 0.414 e. The predicted octanol–water partition coefficient (Wildman–Crippen LogP) is 0.543. The molecule has 0 saturated carbocycles. The normalized spacial score (nSPS) is 18.4. The number of nitrogens with one attached hydrogen (secondary N) is 1. The standard InChI is InChI=1S/C20H21F4N7O5/c21-14-7-12(30-10-13(36-20(30)34)9-25-19(33)18(23)24)8-15(22)17(14)28-3-4-31(35-6-5-28)16(32)11-29-2-1-26-27-29/h1-2,7-8,13,18H,3-6,9-11H2,(H,25,33). The van der Waals surface area contributed by atoms with E-state index in [4.69, 9.17) is 9.57 Å². The van der Waals surface area contributed by atoms with Gasteiger partial charge in [-0.15, -0.1) is 5.10 Å². The number of nitrogens with zero attached hydrogens (tertiary/aromatic N) is 6. The zero-order valence-corrected chi connectivity index (χ0v) is 18.7. The van der Waals surface area contributed by atoms with Crippen LogP contribution in [0.1, 0.15) is 0 Å². The van der Waals surface area contributed by atoms with Crippen molar-refractivity contribution in [1.82, 2.24) is 25.4 Å².